The van der Waals surface area contributed by atoms with Crippen LogP contribution in [0.4, 0.5) is 17.3 Å². The summed E-state index contributed by atoms with van der Waals surface area (Å²) in [4.78, 5) is 9.00. The van der Waals surface area contributed by atoms with Gasteiger partial charge in [0.25, 0.3) is 0 Å². The molecule has 0 atom stereocenters. The van der Waals surface area contributed by atoms with Crippen LogP contribution in [0, 0.1) is 0 Å². The van der Waals surface area contributed by atoms with Crippen molar-refractivity contribution in [3.05, 3.63) is 167 Å². The van der Waals surface area contributed by atoms with Gasteiger partial charge in [-0.25, -0.2) is 0 Å². The first-order chi connectivity index (χ1) is 32.8. The average Bonchev–Trinajstić information content (AvgIpc) is 4.20. The van der Waals surface area contributed by atoms with Gasteiger partial charge < -0.3 is 17.8 Å². The summed E-state index contributed by atoms with van der Waals surface area (Å²) in [6.07, 6.45) is 29.4. The Balaban J connectivity index is 1.13. The van der Waals surface area contributed by atoms with Crippen LogP contribution in [-0.2, 0) is 5.41 Å². The Morgan fingerprint density at radius 2 is 0.970 bits per heavy atom. The van der Waals surface area contributed by atoms with Crippen molar-refractivity contribution < 1.29 is 26.1 Å². The van der Waals surface area contributed by atoms with Crippen molar-refractivity contribution in [1.29, 1.82) is 0 Å². The molecule has 67 heavy (non-hydrogen) atoms. The number of halogens is 4. The molecule has 4 aromatic heterocycles. The van der Waals surface area contributed by atoms with E-state index in [4.69, 9.17) is 8.83 Å². The Kier molecular flexibility index (Phi) is 14.2. The molecule has 0 spiro atoms. The summed E-state index contributed by atoms with van der Waals surface area (Å²) >= 11 is 0. The lowest BCUT2D eigenvalue weighted by Crippen LogP contribution is -2.25. The summed E-state index contributed by atoms with van der Waals surface area (Å²) < 4.78 is 72.2. The van der Waals surface area contributed by atoms with Crippen LogP contribution < -0.4 is 0 Å². The summed E-state index contributed by atoms with van der Waals surface area (Å²) in [5.74, 6) is 2.22. The SMILES string of the molecule is CCCCCCCCC1(CCCCCCCC)c2cc(-c3ccc(/C(=C4/C=CC=N4)c4cccn4B(F)F)o3)ccc2-c2ccc(-c3ccc(/C(=C4/C=CC=N4)c4cccn4B(F)F)o3)cc21. The number of nitrogens with zero attached hydrogens (tertiary/aromatic N) is 4. The molecular weight excluding hydrogens is 846 g/mol. The van der Waals surface area contributed by atoms with Crippen molar-refractivity contribution in [2.75, 3.05) is 0 Å². The van der Waals surface area contributed by atoms with Gasteiger partial charge in [-0.05, 0) is 132 Å². The lowest BCUT2D eigenvalue weighted by atomic mass is 9.70. The van der Waals surface area contributed by atoms with E-state index in [2.05, 4.69) is 60.2 Å². The predicted molar refractivity (Wildman–Crippen MR) is 267 cm³/mol. The van der Waals surface area contributed by atoms with E-state index in [0.29, 0.717) is 57.0 Å². The van der Waals surface area contributed by atoms with Crippen molar-refractivity contribution in [2.45, 2.75) is 109 Å². The Labute approximate surface area is 392 Å². The molecule has 0 fully saturated rings. The number of allylic oxidation sites excluding steroid dienone is 4. The van der Waals surface area contributed by atoms with Crippen LogP contribution in [0.25, 0.3) is 44.9 Å². The number of aliphatic imine (C=N–C) groups is 2. The molecule has 6 heterocycles. The van der Waals surface area contributed by atoms with Crippen LogP contribution >= 0.6 is 0 Å². The zero-order valence-corrected chi connectivity index (χ0v) is 38.4. The third-order valence-corrected chi connectivity index (χ3v) is 13.7. The fourth-order valence-electron chi connectivity index (χ4n) is 10.4. The number of unbranched alkanes of at least 4 members (excludes halogenated alkanes) is 10. The molecule has 342 valence electrons. The number of furan rings is 2. The molecule has 0 N–H and O–H groups in total. The zero-order chi connectivity index (χ0) is 46.3. The fraction of sp³-hybridized carbons (Fsp3) is 0.309. The summed E-state index contributed by atoms with van der Waals surface area (Å²) in [5, 5.41) is 0. The average molecular weight is 903 g/mol. The lowest BCUT2D eigenvalue weighted by Gasteiger charge is -2.33. The molecule has 9 rings (SSSR count). The third kappa shape index (κ3) is 9.37. The minimum absolute atomic E-state index is 0.305. The minimum atomic E-state index is -2.73. The topological polar surface area (TPSA) is 60.9 Å². The lowest BCUT2D eigenvalue weighted by molar-refractivity contribution is 0.398. The second kappa shape index (κ2) is 20.7. The largest absolute Gasteiger partial charge is 0.677 e. The molecule has 0 bridgehead atoms. The molecular formula is C55H56B2F4N4O2. The third-order valence-electron chi connectivity index (χ3n) is 13.7. The van der Waals surface area contributed by atoms with Crippen LogP contribution in [0.1, 0.15) is 138 Å². The minimum Gasteiger partial charge on any atom is -0.456 e. The molecule has 2 aromatic carbocycles. The first-order valence-electron chi connectivity index (χ1n) is 24.1. The van der Waals surface area contributed by atoms with Gasteiger partial charge in [0.2, 0.25) is 0 Å². The van der Waals surface area contributed by atoms with Crippen LogP contribution in [0.3, 0.4) is 0 Å². The molecule has 12 heteroatoms. The highest BCUT2D eigenvalue weighted by atomic mass is 19.2. The quantitative estimate of drug-likeness (QED) is 0.0387. The number of hydrogen-bond donors (Lipinski definition) is 0. The number of benzene rings is 2. The molecule has 1 aliphatic carbocycles. The van der Waals surface area contributed by atoms with E-state index in [1.807, 2.05) is 36.4 Å². The number of hydrogen-bond acceptors (Lipinski definition) is 4. The maximum atomic E-state index is 14.3. The number of aromatic nitrogens is 2. The van der Waals surface area contributed by atoms with Crippen molar-refractivity contribution >= 4 is 38.4 Å². The molecule has 0 unspecified atom stereocenters. The van der Waals surface area contributed by atoms with Gasteiger partial charge in [0.05, 0.1) is 22.5 Å². The van der Waals surface area contributed by atoms with Gasteiger partial charge in [-0.15, -0.1) is 0 Å². The van der Waals surface area contributed by atoms with Crippen LogP contribution in [0.2, 0.25) is 0 Å². The zero-order valence-electron chi connectivity index (χ0n) is 38.4. The van der Waals surface area contributed by atoms with Gasteiger partial charge in [0.1, 0.15) is 23.0 Å². The van der Waals surface area contributed by atoms with E-state index < -0.39 is 14.8 Å². The van der Waals surface area contributed by atoms with Gasteiger partial charge >= 0.3 is 14.8 Å². The number of rotatable bonds is 22. The van der Waals surface area contributed by atoms with Crippen LogP contribution in [0.5, 0.6) is 0 Å². The summed E-state index contributed by atoms with van der Waals surface area (Å²) in [5.41, 5.74) is 9.25. The molecule has 0 amide bonds. The Hall–Kier alpha value is -6.29. The first kappa shape index (κ1) is 45.8. The molecule has 0 saturated carbocycles. The van der Waals surface area contributed by atoms with Crippen molar-refractivity contribution in [1.82, 2.24) is 8.96 Å². The first-order valence-corrected chi connectivity index (χ1v) is 24.1. The maximum absolute atomic E-state index is 14.3. The summed E-state index contributed by atoms with van der Waals surface area (Å²) in [7, 11) is -5.45. The van der Waals surface area contributed by atoms with Crippen molar-refractivity contribution in [3.63, 3.8) is 0 Å². The Morgan fingerprint density at radius 1 is 0.537 bits per heavy atom. The molecule has 3 aliphatic rings. The van der Waals surface area contributed by atoms with E-state index in [1.54, 1.807) is 48.8 Å². The normalized spacial score (nSPS) is 15.8. The maximum Gasteiger partial charge on any atom is 0.677 e. The van der Waals surface area contributed by atoms with E-state index in [1.165, 1.54) is 86.0 Å². The molecule has 6 aromatic rings. The van der Waals surface area contributed by atoms with Crippen molar-refractivity contribution in [3.8, 4) is 33.8 Å². The van der Waals surface area contributed by atoms with E-state index >= 15 is 0 Å². The monoisotopic (exact) mass is 902 g/mol. The molecule has 0 saturated heterocycles. The van der Waals surface area contributed by atoms with E-state index in [-0.39, 0.29) is 5.41 Å². The van der Waals surface area contributed by atoms with Gasteiger partial charge in [-0.2, -0.15) is 0 Å². The summed E-state index contributed by atoms with van der Waals surface area (Å²) in [6.45, 7) is 4.50. The van der Waals surface area contributed by atoms with Gasteiger partial charge in [0, 0.05) is 40.4 Å². The Morgan fingerprint density at radius 3 is 1.37 bits per heavy atom. The van der Waals surface area contributed by atoms with Gasteiger partial charge in [0.15, 0.2) is 0 Å². The highest BCUT2D eigenvalue weighted by molar-refractivity contribution is 6.41. The van der Waals surface area contributed by atoms with E-state index in [0.717, 1.165) is 58.6 Å². The standard InChI is InChI=1S/C55H56B2F4N4O2/c1-3-5-7-9-11-13-31-55(32-14-12-10-8-6-4-2)43-37-39(49-27-29-51(66-49)53(45-19-15-33-62-45)47-21-17-35-64(47)56(58)59)23-25-41(43)42-26-24-40(38-44(42)55)50-28-30-52(67-50)54(46-20-16-34-63-46)48-22-18-36-65(48)57(60)61/h15-30,33-38H,3-14,31-32H2,1-2H3/b53-45-,54-46-. The summed E-state index contributed by atoms with van der Waals surface area (Å²) in [6, 6.07) is 27.4. The molecule has 0 radical (unpaired) electrons. The second-order valence-electron chi connectivity index (χ2n) is 17.9. The smallest absolute Gasteiger partial charge is 0.456 e. The van der Waals surface area contributed by atoms with Gasteiger partial charge in [-0.1, -0.05) is 115 Å². The highest BCUT2D eigenvalue weighted by Gasteiger charge is 2.43. The highest BCUT2D eigenvalue weighted by Crippen LogP contribution is 2.56. The predicted octanol–water partition coefficient (Wildman–Crippen LogP) is 15.9. The van der Waals surface area contributed by atoms with Gasteiger partial charge in [-0.3, -0.25) is 27.2 Å². The second-order valence-corrected chi connectivity index (χ2v) is 17.9. The molecule has 6 nitrogen and oxygen atoms in total. The van der Waals surface area contributed by atoms with E-state index in [9.17, 15) is 17.3 Å². The van der Waals surface area contributed by atoms with Crippen molar-refractivity contribution in [2.24, 2.45) is 9.98 Å². The molecule has 2 aliphatic heterocycles. The van der Waals surface area contributed by atoms with Crippen LogP contribution in [0.15, 0.2) is 152 Å². The number of fused-ring (bicyclic) bond motifs is 3. The van der Waals surface area contributed by atoms with Crippen LogP contribution in [-0.4, -0.2) is 36.2 Å². The Bertz CT molecular complexity index is 2670. The fourth-order valence-corrected chi connectivity index (χ4v) is 10.4.